The standard InChI is InChI=1S/C19H18O2S/c1-13-7-8-17-16(10-19(20)21-18(17)9-13)12-22-11-15-6-4-3-5-14(15)2/h3-10H,11-12H2,1-2H3. The van der Waals surface area contributed by atoms with Crippen molar-refractivity contribution in [2.24, 2.45) is 0 Å². The highest BCUT2D eigenvalue weighted by Gasteiger charge is 2.06. The average molecular weight is 310 g/mol. The Bertz CT molecular complexity index is 865. The van der Waals surface area contributed by atoms with E-state index in [1.807, 2.05) is 30.8 Å². The summed E-state index contributed by atoms with van der Waals surface area (Å²) in [6.07, 6.45) is 0. The van der Waals surface area contributed by atoms with Crippen LogP contribution in [0.15, 0.2) is 57.7 Å². The zero-order valence-electron chi connectivity index (χ0n) is 12.8. The lowest BCUT2D eigenvalue weighted by atomic mass is 10.1. The molecule has 112 valence electrons. The maximum Gasteiger partial charge on any atom is 0.336 e. The Kier molecular flexibility index (Phi) is 4.34. The minimum absolute atomic E-state index is 0.274. The Balaban J connectivity index is 1.82. The summed E-state index contributed by atoms with van der Waals surface area (Å²) < 4.78 is 5.30. The molecule has 0 aliphatic carbocycles. The molecule has 0 unspecified atom stereocenters. The van der Waals surface area contributed by atoms with Crippen molar-refractivity contribution in [2.45, 2.75) is 25.4 Å². The van der Waals surface area contributed by atoms with Gasteiger partial charge in [-0.05, 0) is 42.2 Å². The predicted molar refractivity (Wildman–Crippen MR) is 93.4 cm³/mol. The zero-order valence-corrected chi connectivity index (χ0v) is 13.6. The van der Waals surface area contributed by atoms with Crippen LogP contribution in [0.2, 0.25) is 0 Å². The fraction of sp³-hybridized carbons (Fsp3) is 0.211. The molecule has 1 heterocycles. The number of fused-ring (bicyclic) bond motifs is 1. The molecule has 2 aromatic carbocycles. The van der Waals surface area contributed by atoms with E-state index in [-0.39, 0.29) is 5.63 Å². The van der Waals surface area contributed by atoms with E-state index < -0.39 is 0 Å². The molecule has 0 bridgehead atoms. The molecule has 1 aromatic heterocycles. The zero-order chi connectivity index (χ0) is 15.5. The third-order valence-corrected chi connectivity index (χ3v) is 4.79. The van der Waals surface area contributed by atoms with Gasteiger partial charge in [0.15, 0.2) is 0 Å². The summed E-state index contributed by atoms with van der Waals surface area (Å²) in [5.41, 5.74) is 5.20. The summed E-state index contributed by atoms with van der Waals surface area (Å²) in [5, 5.41) is 1.03. The molecule has 22 heavy (non-hydrogen) atoms. The molecule has 0 N–H and O–H groups in total. The van der Waals surface area contributed by atoms with E-state index in [1.54, 1.807) is 6.07 Å². The van der Waals surface area contributed by atoms with Crippen LogP contribution in [0.1, 0.15) is 22.3 Å². The van der Waals surface area contributed by atoms with Gasteiger partial charge < -0.3 is 4.42 Å². The second kappa shape index (κ2) is 6.41. The lowest BCUT2D eigenvalue weighted by molar-refractivity contribution is 0.559. The highest BCUT2D eigenvalue weighted by atomic mass is 32.2. The van der Waals surface area contributed by atoms with Crippen molar-refractivity contribution in [1.29, 1.82) is 0 Å². The van der Waals surface area contributed by atoms with Gasteiger partial charge in [-0.2, -0.15) is 11.8 Å². The molecule has 0 aliphatic heterocycles. The number of hydrogen-bond acceptors (Lipinski definition) is 3. The van der Waals surface area contributed by atoms with Crippen LogP contribution < -0.4 is 5.63 Å². The van der Waals surface area contributed by atoms with E-state index in [2.05, 4.69) is 37.3 Å². The molecule has 0 aliphatic rings. The van der Waals surface area contributed by atoms with Crippen molar-refractivity contribution in [3.8, 4) is 0 Å². The van der Waals surface area contributed by atoms with E-state index >= 15 is 0 Å². The van der Waals surface area contributed by atoms with Crippen LogP contribution in [0.4, 0.5) is 0 Å². The Morgan fingerprint density at radius 1 is 0.955 bits per heavy atom. The number of benzene rings is 2. The lowest BCUT2D eigenvalue weighted by Gasteiger charge is -2.07. The van der Waals surface area contributed by atoms with Crippen molar-refractivity contribution >= 4 is 22.7 Å². The largest absolute Gasteiger partial charge is 0.423 e. The topological polar surface area (TPSA) is 30.2 Å². The summed E-state index contributed by atoms with van der Waals surface area (Å²) >= 11 is 1.82. The van der Waals surface area contributed by atoms with Gasteiger partial charge >= 0.3 is 5.63 Å². The molecule has 0 amide bonds. The molecular weight excluding hydrogens is 292 g/mol. The first-order chi connectivity index (χ1) is 10.6. The van der Waals surface area contributed by atoms with Gasteiger partial charge in [0.1, 0.15) is 5.58 Å². The molecule has 0 spiro atoms. The van der Waals surface area contributed by atoms with Crippen LogP contribution in [-0.2, 0) is 11.5 Å². The lowest BCUT2D eigenvalue weighted by Crippen LogP contribution is -2.00. The number of hydrogen-bond donors (Lipinski definition) is 0. The van der Waals surface area contributed by atoms with Crippen molar-refractivity contribution in [3.05, 3.63) is 81.2 Å². The maximum atomic E-state index is 11.7. The monoisotopic (exact) mass is 310 g/mol. The van der Waals surface area contributed by atoms with Gasteiger partial charge in [0, 0.05) is 23.0 Å². The van der Waals surface area contributed by atoms with Crippen molar-refractivity contribution in [3.63, 3.8) is 0 Å². The van der Waals surface area contributed by atoms with Gasteiger partial charge in [-0.15, -0.1) is 0 Å². The molecule has 0 radical (unpaired) electrons. The van der Waals surface area contributed by atoms with E-state index in [4.69, 9.17) is 4.42 Å². The molecular formula is C19H18O2S. The Labute approximate surface area is 134 Å². The van der Waals surface area contributed by atoms with Crippen molar-refractivity contribution in [2.75, 3.05) is 0 Å². The van der Waals surface area contributed by atoms with Crippen LogP contribution in [-0.4, -0.2) is 0 Å². The van der Waals surface area contributed by atoms with Crippen LogP contribution in [0.3, 0.4) is 0 Å². The Morgan fingerprint density at radius 3 is 2.55 bits per heavy atom. The minimum atomic E-state index is -0.274. The van der Waals surface area contributed by atoms with E-state index in [9.17, 15) is 4.79 Å². The molecule has 0 atom stereocenters. The number of rotatable bonds is 4. The number of thioether (sulfide) groups is 1. The van der Waals surface area contributed by atoms with Gasteiger partial charge in [-0.1, -0.05) is 36.4 Å². The van der Waals surface area contributed by atoms with Crippen LogP contribution in [0.5, 0.6) is 0 Å². The molecule has 3 aromatic rings. The minimum Gasteiger partial charge on any atom is -0.423 e. The average Bonchev–Trinajstić information content (AvgIpc) is 2.48. The van der Waals surface area contributed by atoms with E-state index in [0.29, 0.717) is 5.58 Å². The fourth-order valence-electron chi connectivity index (χ4n) is 2.50. The third-order valence-electron chi connectivity index (χ3n) is 3.76. The summed E-state index contributed by atoms with van der Waals surface area (Å²) in [5.74, 6) is 1.75. The fourth-order valence-corrected chi connectivity index (χ4v) is 3.60. The van der Waals surface area contributed by atoms with Crippen LogP contribution >= 0.6 is 11.8 Å². The molecule has 0 saturated carbocycles. The first-order valence-corrected chi connectivity index (χ1v) is 8.44. The normalized spacial score (nSPS) is 11.0. The Hall–Kier alpha value is -2.00. The first-order valence-electron chi connectivity index (χ1n) is 7.29. The molecule has 0 saturated heterocycles. The molecule has 2 nitrogen and oxygen atoms in total. The highest BCUT2D eigenvalue weighted by molar-refractivity contribution is 7.97. The summed E-state index contributed by atoms with van der Waals surface area (Å²) in [7, 11) is 0. The molecule has 3 heteroatoms. The third kappa shape index (κ3) is 3.25. The van der Waals surface area contributed by atoms with Gasteiger partial charge in [-0.25, -0.2) is 4.79 Å². The first kappa shape index (κ1) is 14.9. The summed E-state index contributed by atoms with van der Waals surface area (Å²) in [6, 6.07) is 16.0. The number of aryl methyl sites for hydroxylation is 2. The van der Waals surface area contributed by atoms with Gasteiger partial charge in [0.05, 0.1) is 0 Å². The Morgan fingerprint density at radius 2 is 1.73 bits per heavy atom. The summed E-state index contributed by atoms with van der Waals surface area (Å²) in [6.45, 7) is 4.13. The smallest absolute Gasteiger partial charge is 0.336 e. The highest BCUT2D eigenvalue weighted by Crippen LogP contribution is 2.25. The van der Waals surface area contributed by atoms with Gasteiger partial charge in [0.25, 0.3) is 0 Å². The van der Waals surface area contributed by atoms with Crippen molar-refractivity contribution < 1.29 is 4.42 Å². The second-order valence-corrected chi connectivity index (χ2v) is 6.50. The van der Waals surface area contributed by atoms with Gasteiger partial charge in [0.2, 0.25) is 0 Å². The van der Waals surface area contributed by atoms with Gasteiger partial charge in [-0.3, -0.25) is 0 Å². The van der Waals surface area contributed by atoms with E-state index in [0.717, 1.165) is 28.0 Å². The van der Waals surface area contributed by atoms with E-state index in [1.165, 1.54) is 11.1 Å². The maximum absolute atomic E-state index is 11.7. The molecule has 0 fully saturated rings. The quantitative estimate of drug-likeness (QED) is 0.646. The van der Waals surface area contributed by atoms with Crippen LogP contribution in [0, 0.1) is 13.8 Å². The predicted octanol–water partition coefficient (Wildman–Crippen LogP) is 4.84. The second-order valence-electron chi connectivity index (χ2n) is 5.51. The van der Waals surface area contributed by atoms with Crippen LogP contribution in [0.25, 0.3) is 11.0 Å². The SMILES string of the molecule is Cc1ccc2c(CSCc3ccccc3C)cc(=O)oc2c1. The summed E-state index contributed by atoms with van der Waals surface area (Å²) in [4.78, 5) is 11.7. The van der Waals surface area contributed by atoms with Crippen molar-refractivity contribution in [1.82, 2.24) is 0 Å². The molecule has 3 rings (SSSR count).